The minimum atomic E-state index is -3.93. The van der Waals surface area contributed by atoms with Crippen LogP contribution in [0.5, 0.6) is 0 Å². The number of halogens is 1. The van der Waals surface area contributed by atoms with E-state index in [0.29, 0.717) is 11.2 Å². The third-order valence-electron chi connectivity index (χ3n) is 5.96. The largest absolute Gasteiger partial charge is 0.359 e. The fraction of sp³-hybridized carbons (Fsp3) is 0.304. The molecule has 0 radical (unpaired) electrons. The molecule has 0 unspecified atom stereocenters. The fourth-order valence-electron chi connectivity index (χ4n) is 3.97. The Hall–Kier alpha value is -2.30. The number of nitrogens with zero attached hydrogens (tertiary/aromatic N) is 2. The van der Waals surface area contributed by atoms with E-state index < -0.39 is 15.4 Å². The number of pyridine rings is 1. The first kappa shape index (κ1) is 22.5. The molecule has 0 atom stereocenters. The van der Waals surface area contributed by atoms with Crippen LogP contribution in [0.1, 0.15) is 29.8 Å². The van der Waals surface area contributed by atoms with E-state index in [2.05, 4.69) is 15.0 Å². The molecule has 10 heteroatoms. The summed E-state index contributed by atoms with van der Waals surface area (Å²) in [5.41, 5.74) is 1.54. The van der Waals surface area contributed by atoms with Gasteiger partial charge < -0.3 is 14.5 Å². The molecule has 172 valence electrons. The molecule has 1 N–H and O–H groups in total. The van der Waals surface area contributed by atoms with Crippen LogP contribution in [-0.2, 0) is 24.9 Å². The molecule has 5 rings (SSSR count). The Bertz CT molecular complexity index is 1420. The Morgan fingerprint density at radius 2 is 1.97 bits per heavy atom. The number of thiazole rings is 1. The van der Waals surface area contributed by atoms with Crippen molar-refractivity contribution in [1.82, 2.24) is 15.0 Å². The van der Waals surface area contributed by atoms with Crippen LogP contribution in [-0.4, -0.2) is 37.3 Å². The second kappa shape index (κ2) is 8.48. The minimum absolute atomic E-state index is 0.0818. The molecule has 7 nitrogen and oxygen atoms in total. The van der Waals surface area contributed by atoms with E-state index >= 15 is 0 Å². The highest BCUT2D eigenvalue weighted by molar-refractivity contribution is 7.91. The normalized spacial score (nSPS) is 15.6. The molecule has 1 aliphatic carbocycles. The lowest BCUT2D eigenvalue weighted by Crippen LogP contribution is -2.37. The van der Waals surface area contributed by atoms with Crippen molar-refractivity contribution in [3.05, 3.63) is 58.3 Å². The summed E-state index contributed by atoms with van der Waals surface area (Å²) in [6.07, 6.45) is 6.22. The lowest BCUT2D eigenvalue weighted by atomic mass is 9.80. The van der Waals surface area contributed by atoms with Gasteiger partial charge in [-0.2, -0.15) is 0 Å². The number of hydrogen-bond donors (Lipinski definition) is 1. The summed E-state index contributed by atoms with van der Waals surface area (Å²) < 4.78 is 38.0. The predicted octanol–water partition coefficient (Wildman–Crippen LogP) is 5.48. The Morgan fingerprint density at radius 1 is 1.21 bits per heavy atom. The Balaban J connectivity index is 1.65. The van der Waals surface area contributed by atoms with Gasteiger partial charge in [-0.25, -0.2) is 18.4 Å². The minimum Gasteiger partial charge on any atom is -0.359 e. The maximum absolute atomic E-state index is 13.4. The number of aromatic nitrogens is 3. The lowest BCUT2D eigenvalue weighted by Gasteiger charge is -2.39. The number of aromatic amines is 1. The first-order chi connectivity index (χ1) is 15.9. The second-order valence-corrected chi connectivity index (χ2v) is 11.4. The van der Waals surface area contributed by atoms with E-state index in [4.69, 9.17) is 21.1 Å². The van der Waals surface area contributed by atoms with Crippen LogP contribution in [0.3, 0.4) is 0 Å². The van der Waals surface area contributed by atoms with E-state index in [0.717, 1.165) is 40.1 Å². The monoisotopic (exact) mass is 503 g/mol. The molecule has 33 heavy (non-hydrogen) atoms. The zero-order chi connectivity index (χ0) is 23.2. The van der Waals surface area contributed by atoms with Crippen molar-refractivity contribution in [2.24, 2.45) is 0 Å². The van der Waals surface area contributed by atoms with Gasteiger partial charge >= 0.3 is 0 Å². The van der Waals surface area contributed by atoms with Gasteiger partial charge in [0.25, 0.3) is 0 Å². The maximum Gasteiger partial charge on any atom is 0.225 e. The highest BCUT2D eigenvalue weighted by atomic mass is 35.5. The van der Waals surface area contributed by atoms with Gasteiger partial charge in [-0.15, -0.1) is 11.3 Å². The summed E-state index contributed by atoms with van der Waals surface area (Å²) in [6.45, 7) is 2.09. The van der Waals surface area contributed by atoms with E-state index in [1.54, 1.807) is 43.8 Å². The Kier molecular flexibility index (Phi) is 5.78. The molecule has 0 spiro atoms. The first-order valence-electron chi connectivity index (χ1n) is 10.4. The molecular formula is C23H22ClN3O4S2. The van der Waals surface area contributed by atoms with Gasteiger partial charge in [0.2, 0.25) is 9.84 Å². The zero-order valence-electron chi connectivity index (χ0n) is 18.1. The summed E-state index contributed by atoms with van der Waals surface area (Å²) in [7, 11) is -2.34. The molecule has 0 aliphatic heterocycles. The number of sulfone groups is 1. The number of methoxy groups -OCH3 is 1. The number of benzene rings is 1. The average molecular weight is 504 g/mol. The van der Waals surface area contributed by atoms with Crippen LogP contribution < -0.4 is 0 Å². The molecule has 3 aromatic heterocycles. The van der Waals surface area contributed by atoms with Gasteiger partial charge in [-0.1, -0.05) is 29.3 Å². The number of ether oxygens (including phenoxy) is 2. The van der Waals surface area contributed by atoms with E-state index in [9.17, 15) is 8.42 Å². The van der Waals surface area contributed by atoms with Gasteiger partial charge in [0.1, 0.15) is 23.0 Å². The fourth-order valence-corrected chi connectivity index (χ4v) is 7.02. The highest BCUT2D eigenvalue weighted by Crippen LogP contribution is 2.49. The summed E-state index contributed by atoms with van der Waals surface area (Å²) in [6, 6.07) is 8.48. The number of nitrogens with one attached hydrogen (secondary N) is 1. The molecule has 0 saturated heterocycles. The van der Waals surface area contributed by atoms with E-state index in [1.807, 2.05) is 13.0 Å². The molecule has 1 saturated carbocycles. The number of hydrogen-bond acceptors (Lipinski definition) is 7. The van der Waals surface area contributed by atoms with Gasteiger partial charge in [-0.3, -0.25) is 0 Å². The van der Waals surface area contributed by atoms with Crippen molar-refractivity contribution < 1.29 is 17.9 Å². The van der Waals surface area contributed by atoms with Crippen molar-refractivity contribution >= 4 is 43.8 Å². The van der Waals surface area contributed by atoms with Crippen molar-refractivity contribution in [1.29, 1.82) is 0 Å². The zero-order valence-corrected chi connectivity index (χ0v) is 20.5. The molecule has 1 fully saturated rings. The molecule has 1 aromatic carbocycles. The maximum atomic E-state index is 13.4. The van der Waals surface area contributed by atoms with Crippen LogP contribution in [0.15, 0.2) is 52.6 Å². The molecule has 0 bridgehead atoms. The number of rotatable bonds is 7. The van der Waals surface area contributed by atoms with Gasteiger partial charge in [-0.05, 0) is 44.4 Å². The Morgan fingerprint density at radius 3 is 2.64 bits per heavy atom. The summed E-state index contributed by atoms with van der Waals surface area (Å²) >= 11 is 8.23. The van der Waals surface area contributed by atoms with E-state index in [1.165, 1.54) is 11.3 Å². The van der Waals surface area contributed by atoms with Crippen LogP contribution in [0.25, 0.3) is 21.5 Å². The third kappa shape index (κ3) is 3.77. The first-order valence-corrected chi connectivity index (χ1v) is 13.1. The third-order valence-corrected chi connectivity index (χ3v) is 9.33. The number of aryl methyl sites for hydroxylation is 1. The SMILES string of the molecule is COCOC1(c2ncc(-c3c(Cl)c(S(=O)(=O)c4ccc(C)cc4)nc4[nH]ccc34)s2)CCC1. The van der Waals surface area contributed by atoms with Gasteiger partial charge in [0, 0.05) is 30.5 Å². The summed E-state index contributed by atoms with van der Waals surface area (Å²) in [5.74, 6) is 0. The van der Waals surface area contributed by atoms with Crippen molar-refractivity contribution in [2.45, 2.75) is 41.7 Å². The van der Waals surface area contributed by atoms with Crippen LogP contribution >= 0.6 is 22.9 Å². The lowest BCUT2D eigenvalue weighted by molar-refractivity contribution is -0.171. The molecular weight excluding hydrogens is 482 g/mol. The van der Waals surface area contributed by atoms with Crippen molar-refractivity contribution in [3.63, 3.8) is 0 Å². The van der Waals surface area contributed by atoms with Gasteiger partial charge in [0.05, 0.1) is 14.8 Å². The van der Waals surface area contributed by atoms with E-state index in [-0.39, 0.29) is 21.7 Å². The standard InChI is InChI=1S/C23H22ClN3O4S2/c1-14-4-6-15(7-5-14)33(28,29)21-19(24)18(16-8-11-25-20(16)27-21)17-12-26-22(32-17)23(9-3-10-23)31-13-30-2/h4-8,11-12H,3,9-10,13H2,1-2H3,(H,25,27). The summed E-state index contributed by atoms with van der Waals surface area (Å²) in [4.78, 5) is 12.9. The highest BCUT2D eigenvalue weighted by Gasteiger charge is 2.43. The number of H-pyrrole nitrogens is 1. The van der Waals surface area contributed by atoms with Gasteiger partial charge in [0.15, 0.2) is 5.03 Å². The molecule has 0 amide bonds. The van der Waals surface area contributed by atoms with Crippen molar-refractivity contribution in [3.8, 4) is 10.4 Å². The Labute approximate surface area is 200 Å². The predicted molar refractivity (Wildman–Crippen MR) is 127 cm³/mol. The van der Waals surface area contributed by atoms with Crippen LogP contribution in [0.2, 0.25) is 5.02 Å². The number of fused-ring (bicyclic) bond motifs is 1. The summed E-state index contributed by atoms with van der Waals surface area (Å²) in [5, 5.41) is 1.47. The van der Waals surface area contributed by atoms with Crippen LogP contribution in [0, 0.1) is 6.92 Å². The molecule has 3 heterocycles. The average Bonchev–Trinajstić information content (AvgIpc) is 3.43. The molecule has 4 aromatic rings. The quantitative estimate of drug-likeness (QED) is 0.335. The van der Waals surface area contributed by atoms with Crippen LogP contribution in [0.4, 0.5) is 0 Å². The van der Waals surface area contributed by atoms with Crippen molar-refractivity contribution in [2.75, 3.05) is 13.9 Å². The topological polar surface area (TPSA) is 94.2 Å². The second-order valence-electron chi connectivity index (χ2n) is 8.09. The molecule has 1 aliphatic rings. The smallest absolute Gasteiger partial charge is 0.225 e.